The number of hydrogen-bond acceptors (Lipinski definition) is 8. The smallest absolute Gasteiger partial charge is 0.338 e. The van der Waals surface area contributed by atoms with Gasteiger partial charge in [0.1, 0.15) is 12.3 Å². The predicted octanol–water partition coefficient (Wildman–Crippen LogP) is 3.21. The number of carbonyl (C=O) groups excluding carboxylic acids is 2. The molecule has 0 radical (unpaired) electrons. The molecule has 1 aliphatic heterocycles. The Morgan fingerprint density at radius 2 is 1.68 bits per heavy atom. The summed E-state index contributed by atoms with van der Waals surface area (Å²) in [4.78, 5) is 23.6. The molecular weight excluding hydrogens is 366 g/mol. The molecule has 142 valence electrons. The molecule has 0 spiro atoms. The summed E-state index contributed by atoms with van der Waals surface area (Å²) < 4.78 is 25.8. The number of esters is 2. The highest BCUT2D eigenvalue weighted by Crippen LogP contribution is 2.36. The molecule has 0 N–H and O–H groups in total. The van der Waals surface area contributed by atoms with Crippen molar-refractivity contribution in [1.82, 2.24) is 5.16 Å². The third-order valence-corrected chi connectivity index (χ3v) is 4.11. The van der Waals surface area contributed by atoms with Crippen molar-refractivity contribution in [3.8, 4) is 22.8 Å². The van der Waals surface area contributed by atoms with E-state index in [9.17, 15) is 9.59 Å². The fourth-order valence-electron chi connectivity index (χ4n) is 2.65. The lowest BCUT2D eigenvalue weighted by Gasteiger charge is -2.03. The van der Waals surface area contributed by atoms with Crippen LogP contribution in [-0.2, 0) is 16.1 Å². The molecule has 4 rings (SSSR count). The first-order valence-electron chi connectivity index (χ1n) is 8.35. The third-order valence-electron chi connectivity index (χ3n) is 4.11. The minimum atomic E-state index is -0.538. The molecule has 0 atom stereocenters. The zero-order chi connectivity index (χ0) is 19.5. The van der Waals surface area contributed by atoms with Crippen molar-refractivity contribution in [3.05, 3.63) is 65.4 Å². The van der Waals surface area contributed by atoms with Gasteiger partial charge < -0.3 is 23.5 Å². The number of rotatable bonds is 5. The van der Waals surface area contributed by atoms with Gasteiger partial charge in [0.25, 0.3) is 0 Å². The molecule has 3 aromatic rings. The van der Waals surface area contributed by atoms with E-state index in [4.69, 9.17) is 18.7 Å². The molecule has 8 nitrogen and oxygen atoms in total. The Labute approximate surface area is 159 Å². The lowest BCUT2D eigenvalue weighted by Crippen LogP contribution is -2.07. The Kier molecular flexibility index (Phi) is 4.67. The first kappa shape index (κ1) is 17.6. The van der Waals surface area contributed by atoms with Crippen LogP contribution in [0.15, 0.2) is 53.1 Å². The maximum Gasteiger partial charge on any atom is 0.338 e. The summed E-state index contributed by atoms with van der Waals surface area (Å²) in [5.41, 5.74) is 1.90. The van der Waals surface area contributed by atoms with Crippen LogP contribution in [0.4, 0.5) is 0 Å². The second-order valence-electron chi connectivity index (χ2n) is 5.90. The minimum absolute atomic E-state index is 0.0500. The summed E-state index contributed by atoms with van der Waals surface area (Å²) in [6.45, 7) is 0.142. The molecule has 0 fully saturated rings. The molecule has 1 aromatic heterocycles. The monoisotopic (exact) mass is 381 g/mol. The first-order valence-corrected chi connectivity index (χ1v) is 8.35. The second kappa shape index (κ2) is 7.43. The topological polar surface area (TPSA) is 97.1 Å². The molecule has 0 bridgehead atoms. The van der Waals surface area contributed by atoms with Gasteiger partial charge in [-0.25, -0.2) is 9.59 Å². The van der Waals surface area contributed by atoms with Gasteiger partial charge >= 0.3 is 11.9 Å². The van der Waals surface area contributed by atoms with E-state index in [1.165, 1.54) is 31.4 Å². The van der Waals surface area contributed by atoms with Gasteiger partial charge in [-0.3, -0.25) is 0 Å². The Bertz CT molecular complexity index is 1020. The number of benzene rings is 2. The number of ether oxygens (including phenoxy) is 4. The average Bonchev–Trinajstić information content (AvgIpc) is 3.40. The van der Waals surface area contributed by atoms with Crippen molar-refractivity contribution in [2.45, 2.75) is 6.61 Å². The van der Waals surface area contributed by atoms with Gasteiger partial charge in [0, 0.05) is 11.6 Å². The van der Waals surface area contributed by atoms with Crippen LogP contribution in [0.3, 0.4) is 0 Å². The van der Waals surface area contributed by atoms with Crippen LogP contribution in [0.1, 0.15) is 26.4 Å². The van der Waals surface area contributed by atoms with Crippen molar-refractivity contribution in [2.24, 2.45) is 0 Å². The van der Waals surface area contributed by atoms with Crippen LogP contribution in [0.2, 0.25) is 0 Å². The van der Waals surface area contributed by atoms with Gasteiger partial charge in [-0.05, 0) is 42.5 Å². The zero-order valence-corrected chi connectivity index (χ0v) is 14.8. The highest BCUT2D eigenvalue weighted by Gasteiger charge is 2.17. The summed E-state index contributed by atoms with van der Waals surface area (Å²) in [6, 6.07) is 13.1. The van der Waals surface area contributed by atoms with Crippen LogP contribution < -0.4 is 9.47 Å². The summed E-state index contributed by atoms with van der Waals surface area (Å²) in [5, 5.41) is 3.91. The fourth-order valence-corrected chi connectivity index (χ4v) is 2.65. The number of hydrogen-bond donors (Lipinski definition) is 0. The molecule has 0 saturated carbocycles. The van der Waals surface area contributed by atoms with Crippen molar-refractivity contribution in [1.29, 1.82) is 0 Å². The SMILES string of the molecule is COC(=O)c1ccc(C(=O)OCc2cc(-c3ccc4c(c3)OCO4)on2)cc1. The summed E-state index contributed by atoms with van der Waals surface area (Å²) >= 11 is 0. The number of fused-ring (bicyclic) bond motifs is 1. The largest absolute Gasteiger partial charge is 0.465 e. The first-order chi connectivity index (χ1) is 13.6. The van der Waals surface area contributed by atoms with Gasteiger partial charge in [-0.2, -0.15) is 0 Å². The van der Waals surface area contributed by atoms with Gasteiger partial charge in [-0.1, -0.05) is 5.16 Å². The number of nitrogens with zero attached hydrogens (tertiary/aromatic N) is 1. The van der Waals surface area contributed by atoms with E-state index >= 15 is 0 Å². The van der Waals surface area contributed by atoms with E-state index in [0.29, 0.717) is 34.1 Å². The van der Waals surface area contributed by atoms with Crippen molar-refractivity contribution < 1.29 is 33.1 Å². The van der Waals surface area contributed by atoms with Gasteiger partial charge in [0.15, 0.2) is 17.3 Å². The molecule has 2 aromatic carbocycles. The lowest BCUT2D eigenvalue weighted by atomic mass is 10.1. The van der Waals surface area contributed by atoms with Crippen molar-refractivity contribution in [2.75, 3.05) is 13.9 Å². The fraction of sp³-hybridized carbons (Fsp3) is 0.150. The number of aromatic nitrogens is 1. The van der Waals surface area contributed by atoms with E-state index in [1.807, 2.05) is 6.07 Å². The van der Waals surface area contributed by atoms with Crippen molar-refractivity contribution >= 4 is 11.9 Å². The van der Waals surface area contributed by atoms with Crippen LogP contribution >= 0.6 is 0 Å². The Balaban J connectivity index is 1.39. The highest BCUT2D eigenvalue weighted by molar-refractivity contribution is 5.93. The molecule has 2 heterocycles. The minimum Gasteiger partial charge on any atom is -0.465 e. The lowest BCUT2D eigenvalue weighted by molar-refractivity contribution is 0.0463. The maximum atomic E-state index is 12.1. The molecule has 0 amide bonds. The molecule has 0 unspecified atom stereocenters. The predicted molar refractivity (Wildman–Crippen MR) is 95.0 cm³/mol. The number of methoxy groups -OCH3 is 1. The van der Waals surface area contributed by atoms with Gasteiger partial charge in [0.05, 0.1) is 18.2 Å². The average molecular weight is 381 g/mol. The van der Waals surface area contributed by atoms with Crippen LogP contribution in [0, 0.1) is 0 Å². The van der Waals surface area contributed by atoms with E-state index < -0.39 is 11.9 Å². The van der Waals surface area contributed by atoms with Gasteiger partial charge in [0.2, 0.25) is 6.79 Å². The molecule has 28 heavy (non-hydrogen) atoms. The van der Waals surface area contributed by atoms with E-state index in [-0.39, 0.29) is 13.4 Å². The van der Waals surface area contributed by atoms with Crippen LogP contribution in [0.25, 0.3) is 11.3 Å². The van der Waals surface area contributed by atoms with E-state index in [2.05, 4.69) is 9.89 Å². The second-order valence-corrected chi connectivity index (χ2v) is 5.90. The molecule has 1 aliphatic rings. The van der Waals surface area contributed by atoms with Crippen molar-refractivity contribution in [3.63, 3.8) is 0 Å². The quantitative estimate of drug-likeness (QED) is 0.622. The Morgan fingerprint density at radius 1 is 0.964 bits per heavy atom. The van der Waals surface area contributed by atoms with Crippen LogP contribution in [-0.4, -0.2) is 31.0 Å². The Hall–Kier alpha value is -3.81. The normalized spacial score (nSPS) is 11.9. The van der Waals surface area contributed by atoms with E-state index in [0.717, 1.165) is 5.56 Å². The molecule has 0 saturated heterocycles. The zero-order valence-electron chi connectivity index (χ0n) is 14.8. The standard InChI is InChI=1S/C20H15NO7/c1-24-19(22)12-2-4-13(5-3-12)20(23)25-10-15-9-17(28-21-15)14-6-7-16-18(8-14)27-11-26-16/h2-9H,10-11H2,1H3. The summed E-state index contributed by atoms with van der Waals surface area (Å²) in [6.07, 6.45) is 0. The highest BCUT2D eigenvalue weighted by atomic mass is 16.7. The maximum absolute atomic E-state index is 12.1. The number of carbonyl (C=O) groups is 2. The molecule has 8 heteroatoms. The Morgan fingerprint density at radius 3 is 2.43 bits per heavy atom. The third kappa shape index (κ3) is 3.52. The summed E-state index contributed by atoms with van der Waals surface area (Å²) in [5.74, 6) is 0.822. The molecule has 0 aliphatic carbocycles. The van der Waals surface area contributed by atoms with Crippen LogP contribution in [0.5, 0.6) is 11.5 Å². The molecular formula is C20H15NO7. The van der Waals surface area contributed by atoms with Gasteiger partial charge in [-0.15, -0.1) is 0 Å². The van der Waals surface area contributed by atoms with E-state index in [1.54, 1.807) is 18.2 Å². The summed E-state index contributed by atoms with van der Waals surface area (Å²) in [7, 11) is 1.29.